The SMILES string of the molecule is CCOC(=O)NC(=O)CSc1nc(-c2ccco2)nc2ccccc12. The van der Waals surface area contributed by atoms with Gasteiger partial charge in [-0.15, -0.1) is 0 Å². The molecule has 0 fully saturated rings. The minimum absolute atomic E-state index is 0.0252. The molecule has 0 unspecified atom stereocenters. The van der Waals surface area contributed by atoms with Crippen molar-refractivity contribution in [1.82, 2.24) is 15.3 Å². The maximum absolute atomic E-state index is 11.9. The van der Waals surface area contributed by atoms with Crippen molar-refractivity contribution in [2.45, 2.75) is 11.9 Å². The minimum atomic E-state index is -0.753. The summed E-state index contributed by atoms with van der Waals surface area (Å²) in [5, 5.41) is 3.62. The molecule has 0 saturated heterocycles. The van der Waals surface area contributed by atoms with Crippen LogP contribution in [0, 0.1) is 0 Å². The number of hydrogen-bond donors (Lipinski definition) is 1. The van der Waals surface area contributed by atoms with E-state index in [1.807, 2.05) is 24.3 Å². The van der Waals surface area contributed by atoms with Gasteiger partial charge in [-0.2, -0.15) is 0 Å². The van der Waals surface area contributed by atoms with Crippen LogP contribution in [0.15, 0.2) is 52.1 Å². The molecule has 3 aromatic rings. The minimum Gasteiger partial charge on any atom is -0.461 e. The van der Waals surface area contributed by atoms with Crippen LogP contribution in [0.4, 0.5) is 4.79 Å². The Labute approximate surface area is 147 Å². The number of furan rings is 1. The molecule has 128 valence electrons. The van der Waals surface area contributed by atoms with Gasteiger partial charge >= 0.3 is 6.09 Å². The fraction of sp³-hybridized carbons (Fsp3) is 0.176. The molecule has 2 heterocycles. The Morgan fingerprint density at radius 3 is 2.80 bits per heavy atom. The van der Waals surface area contributed by atoms with Gasteiger partial charge in [0.05, 0.1) is 24.1 Å². The van der Waals surface area contributed by atoms with E-state index >= 15 is 0 Å². The van der Waals surface area contributed by atoms with E-state index in [0.717, 1.165) is 10.9 Å². The van der Waals surface area contributed by atoms with Crippen molar-refractivity contribution in [3.63, 3.8) is 0 Å². The fourth-order valence-electron chi connectivity index (χ4n) is 2.12. The first-order valence-electron chi connectivity index (χ1n) is 7.57. The molecule has 3 rings (SSSR count). The first kappa shape index (κ1) is 17.0. The average Bonchev–Trinajstić information content (AvgIpc) is 3.14. The number of nitrogens with one attached hydrogen (secondary N) is 1. The highest BCUT2D eigenvalue weighted by Crippen LogP contribution is 2.28. The van der Waals surface area contributed by atoms with Gasteiger partial charge in [-0.05, 0) is 25.1 Å². The van der Waals surface area contributed by atoms with Gasteiger partial charge in [-0.3, -0.25) is 10.1 Å². The lowest BCUT2D eigenvalue weighted by Crippen LogP contribution is -2.32. The van der Waals surface area contributed by atoms with E-state index < -0.39 is 12.0 Å². The van der Waals surface area contributed by atoms with E-state index in [1.54, 1.807) is 25.3 Å². The smallest absolute Gasteiger partial charge is 0.413 e. The monoisotopic (exact) mass is 357 g/mol. The zero-order valence-corrected chi connectivity index (χ0v) is 14.2. The predicted molar refractivity (Wildman–Crippen MR) is 93.1 cm³/mol. The second kappa shape index (κ2) is 7.80. The third kappa shape index (κ3) is 4.16. The summed E-state index contributed by atoms with van der Waals surface area (Å²) in [5.74, 6) is 0.559. The molecule has 0 spiro atoms. The number of aromatic nitrogens is 2. The number of fused-ring (bicyclic) bond motifs is 1. The Bertz CT molecular complexity index is 896. The van der Waals surface area contributed by atoms with Gasteiger partial charge < -0.3 is 9.15 Å². The Hall–Kier alpha value is -2.87. The van der Waals surface area contributed by atoms with E-state index in [9.17, 15) is 9.59 Å². The normalized spacial score (nSPS) is 10.6. The number of carbonyl (C=O) groups excluding carboxylic acids is 2. The molecule has 0 radical (unpaired) electrons. The highest BCUT2D eigenvalue weighted by Gasteiger charge is 2.14. The number of amides is 2. The van der Waals surface area contributed by atoms with Gasteiger partial charge in [-0.25, -0.2) is 14.8 Å². The van der Waals surface area contributed by atoms with Crippen molar-refractivity contribution in [2.75, 3.05) is 12.4 Å². The van der Waals surface area contributed by atoms with E-state index in [4.69, 9.17) is 4.42 Å². The van der Waals surface area contributed by atoms with Crippen LogP contribution in [0.1, 0.15) is 6.92 Å². The standard InChI is InChI=1S/C17H15N3O4S/c1-2-23-17(22)19-14(21)10-25-16-11-6-3-4-7-12(11)18-15(20-16)13-8-5-9-24-13/h3-9H,2,10H2,1H3,(H,19,21,22). The maximum atomic E-state index is 11.9. The quantitative estimate of drug-likeness (QED) is 0.553. The second-order valence-corrected chi connectivity index (χ2v) is 5.87. The van der Waals surface area contributed by atoms with Crippen LogP contribution in [-0.4, -0.2) is 34.3 Å². The van der Waals surface area contributed by atoms with Crippen molar-refractivity contribution in [1.29, 1.82) is 0 Å². The van der Waals surface area contributed by atoms with Gasteiger partial charge in [-0.1, -0.05) is 30.0 Å². The highest BCUT2D eigenvalue weighted by atomic mass is 32.2. The molecule has 0 aliphatic rings. The molecule has 7 nitrogen and oxygen atoms in total. The molecule has 0 atom stereocenters. The summed E-state index contributed by atoms with van der Waals surface area (Å²) in [6.45, 7) is 1.87. The highest BCUT2D eigenvalue weighted by molar-refractivity contribution is 8.00. The number of ether oxygens (including phenoxy) is 1. The summed E-state index contributed by atoms with van der Waals surface area (Å²) in [7, 11) is 0. The van der Waals surface area contributed by atoms with E-state index in [0.29, 0.717) is 16.6 Å². The number of thioether (sulfide) groups is 1. The first-order chi connectivity index (χ1) is 12.2. The zero-order chi connectivity index (χ0) is 17.6. The zero-order valence-electron chi connectivity index (χ0n) is 13.4. The number of hydrogen-bond acceptors (Lipinski definition) is 7. The third-order valence-corrected chi connectivity index (χ3v) is 4.16. The van der Waals surface area contributed by atoms with Gasteiger partial charge in [0.1, 0.15) is 5.03 Å². The molecule has 0 aliphatic heterocycles. The second-order valence-electron chi connectivity index (χ2n) is 4.90. The summed E-state index contributed by atoms with van der Waals surface area (Å²) in [6.07, 6.45) is 0.796. The molecule has 0 bridgehead atoms. The average molecular weight is 357 g/mol. The summed E-state index contributed by atoms with van der Waals surface area (Å²) >= 11 is 1.22. The number of carbonyl (C=O) groups is 2. The molecular weight excluding hydrogens is 342 g/mol. The predicted octanol–water partition coefficient (Wildman–Crippen LogP) is 3.25. The number of benzene rings is 1. The van der Waals surface area contributed by atoms with E-state index in [-0.39, 0.29) is 12.4 Å². The molecule has 1 aromatic carbocycles. The number of rotatable bonds is 5. The number of imide groups is 1. The van der Waals surface area contributed by atoms with Crippen molar-refractivity contribution < 1.29 is 18.7 Å². The molecule has 1 N–H and O–H groups in total. The molecular formula is C17H15N3O4S. The van der Waals surface area contributed by atoms with Gasteiger partial charge in [0.15, 0.2) is 11.6 Å². The van der Waals surface area contributed by atoms with Gasteiger partial charge in [0, 0.05) is 5.39 Å². The van der Waals surface area contributed by atoms with Crippen molar-refractivity contribution in [3.8, 4) is 11.6 Å². The van der Waals surface area contributed by atoms with Crippen LogP contribution in [0.3, 0.4) is 0 Å². The van der Waals surface area contributed by atoms with Crippen LogP contribution in [0.2, 0.25) is 0 Å². The van der Waals surface area contributed by atoms with E-state index in [1.165, 1.54) is 11.8 Å². The summed E-state index contributed by atoms with van der Waals surface area (Å²) in [4.78, 5) is 32.1. The molecule has 2 aromatic heterocycles. The number of para-hydroxylation sites is 1. The van der Waals surface area contributed by atoms with Crippen LogP contribution in [0.5, 0.6) is 0 Å². The lowest BCUT2D eigenvalue weighted by Gasteiger charge is -2.07. The Kier molecular flexibility index (Phi) is 5.30. The first-order valence-corrected chi connectivity index (χ1v) is 8.56. The maximum Gasteiger partial charge on any atom is 0.413 e. The van der Waals surface area contributed by atoms with Crippen LogP contribution in [-0.2, 0) is 9.53 Å². The molecule has 8 heteroatoms. The summed E-state index contributed by atoms with van der Waals surface area (Å²) in [5.41, 5.74) is 0.747. The largest absolute Gasteiger partial charge is 0.461 e. The summed E-state index contributed by atoms with van der Waals surface area (Å²) < 4.78 is 10.0. The Morgan fingerprint density at radius 2 is 2.04 bits per heavy atom. The van der Waals surface area contributed by atoms with Crippen LogP contribution in [0.25, 0.3) is 22.5 Å². The topological polar surface area (TPSA) is 94.3 Å². The lowest BCUT2D eigenvalue weighted by atomic mass is 10.2. The Balaban J connectivity index is 1.82. The van der Waals surface area contributed by atoms with Crippen LogP contribution < -0.4 is 5.32 Å². The Morgan fingerprint density at radius 1 is 1.20 bits per heavy atom. The van der Waals surface area contributed by atoms with Crippen molar-refractivity contribution in [3.05, 3.63) is 42.7 Å². The number of nitrogens with zero attached hydrogens (tertiary/aromatic N) is 2. The lowest BCUT2D eigenvalue weighted by molar-refractivity contribution is -0.117. The third-order valence-electron chi connectivity index (χ3n) is 3.17. The van der Waals surface area contributed by atoms with Gasteiger partial charge in [0.2, 0.25) is 5.91 Å². The van der Waals surface area contributed by atoms with Crippen molar-refractivity contribution >= 4 is 34.7 Å². The van der Waals surface area contributed by atoms with Crippen LogP contribution >= 0.6 is 11.8 Å². The van der Waals surface area contributed by atoms with E-state index in [2.05, 4.69) is 20.0 Å². The van der Waals surface area contributed by atoms with Crippen molar-refractivity contribution in [2.24, 2.45) is 0 Å². The molecule has 0 saturated carbocycles. The molecule has 0 aliphatic carbocycles. The number of alkyl carbamates (subject to hydrolysis) is 1. The molecule has 25 heavy (non-hydrogen) atoms. The summed E-state index contributed by atoms with van der Waals surface area (Å²) in [6, 6.07) is 11.0. The fourth-order valence-corrected chi connectivity index (χ4v) is 2.94. The molecule has 2 amide bonds. The van der Waals surface area contributed by atoms with Gasteiger partial charge in [0.25, 0.3) is 0 Å².